The standard InChI is InChI=1S/C21H23N5O.ClH/c1-15-20(23-24-26(15)17-10-6-3-7-11-17)12-21(27)25-13-18(19(22)14-25)16-8-4-2-5-9-16;/h2-11,18-19H,12-14,22H2,1H3;1H/t18-,19+;/m0./s1. The molecule has 4 rings (SSSR count). The monoisotopic (exact) mass is 397 g/mol. The predicted molar refractivity (Wildman–Crippen MR) is 111 cm³/mol. The van der Waals surface area contributed by atoms with Crippen molar-refractivity contribution in [3.05, 3.63) is 77.6 Å². The molecule has 1 aliphatic heterocycles. The first-order chi connectivity index (χ1) is 13.1. The normalized spacial score (nSPS) is 18.7. The van der Waals surface area contributed by atoms with E-state index in [-0.39, 0.29) is 36.7 Å². The molecule has 28 heavy (non-hydrogen) atoms. The van der Waals surface area contributed by atoms with Gasteiger partial charge in [0.05, 0.1) is 23.5 Å². The highest BCUT2D eigenvalue weighted by Crippen LogP contribution is 2.27. The average molecular weight is 398 g/mol. The number of hydrogen-bond acceptors (Lipinski definition) is 4. The van der Waals surface area contributed by atoms with Gasteiger partial charge in [-0.15, -0.1) is 17.5 Å². The Balaban J connectivity index is 0.00000225. The van der Waals surface area contributed by atoms with Gasteiger partial charge in [-0.25, -0.2) is 4.68 Å². The largest absolute Gasteiger partial charge is 0.340 e. The molecule has 0 aliphatic carbocycles. The van der Waals surface area contributed by atoms with Crippen molar-refractivity contribution in [3.63, 3.8) is 0 Å². The second kappa shape index (κ2) is 8.54. The molecule has 7 heteroatoms. The summed E-state index contributed by atoms with van der Waals surface area (Å²) in [5.41, 5.74) is 10.0. The minimum Gasteiger partial charge on any atom is -0.340 e. The van der Waals surface area contributed by atoms with Crippen LogP contribution in [0.2, 0.25) is 0 Å². The van der Waals surface area contributed by atoms with E-state index in [1.54, 1.807) is 4.68 Å². The zero-order chi connectivity index (χ0) is 18.8. The zero-order valence-electron chi connectivity index (χ0n) is 15.7. The average Bonchev–Trinajstić information content (AvgIpc) is 3.26. The summed E-state index contributed by atoms with van der Waals surface area (Å²) >= 11 is 0. The molecule has 1 amide bonds. The first kappa shape index (κ1) is 20.0. The fourth-order valence-corrected chi connectivity index (χ4v) is 3.68. The lowest BCUT2D eigenvalue weighted by Gasteiger charge is -2.16. The number of nitrogens with two attached hydrogens (primary N) is 1. The van der Waals surface area contributed by atoms with Gasteiger partial charge in [0, 0.05) is 25.0 Å². The summed E-state index contributed by atoms with van der Waals surface area (Å²) in [6, 6.07) is 19.9. The van der Waals surface area contributed by atoms with Crippen molar-refractivity contribution < 1.29 is 4.79 Å². The Morgan fingerprint density at radius 3 is 2.39 bits per heavy atom. The molecular formula is C21H24ClN5O. The van der Waals surface area contributed by atoms with Crippen LogP contribution < -0.4 is 5.73 Å². The minimum atomic E-state index is -0.0440. The van der Waals surface area contributed by atoms with Crippen LogP contribution in [0.4, 0.5) is 0 Å². The lowest BCUT2D eigenvalue weighted by Crippen LogP contribution is -2.33. The first-order valence-corrected chi connectivity index (χ1v) is 9.18. The summed E-state index contributed by atoms with van der Waals surface area (Å²) in [5.74, 6) is 0.225. The molecule has 1 aromatic heterocycles. The maximum absolute atomic E-state index is 12.8. The number of carbonyl (C=O) groups excluding carboxylic acids is 1. The molecule has 3 aromatic rings. The maximum atomic E-state index is 12.8. The molecule has 6 nitrogen and oxygen atoms in total. The second-order valence-electron chi connectivity index (χ2n) is 7.03. The Morgan fingerprint density at radius 2 is 1.71 bits per heavy atom. The van der Waals surface area contributed by atoms with Crippen molar-refractivity contribution in [2.75, 3.05) is 13.1 Å². The quantitative estimate of drug-likeness (QED) is 0.733. The van der Waals surface area contributed by atoms with E-state index in [0.717, 1.165) is 11.4 Å². The highest BCUT2D eigenvalue weighted by Gasteiger charge is 2.34. The van der Waals surface area contributed by atoms with Gasteiger partial charge in [0.15, 0.2) is 0 Å². The molecule has 0 bridgehead atoms. The van der Waals surface area contributed by atoms with Gasteiger partial charge >= 0.3 is 0 Å². The number of aromatic nitrogens is 3. The summed E-state index contributed by atoms with van der Waals surface area (Å²) in [5, 5.41) is 8.45. The van der Waals surface area contributed by atoms with E-state index in [1.807, 2.05) is 60.4 Å². The number of hydrogen-bond donors (Lipinski definition) is 1. The molecule has 2 N–H and O–H groups in total. The predicted octanol–water partition coefficient (Wildman–Crippen LogP) is 2.49. The highest BCUT2D eigenvalue weighted by atomic mass is 35.5. The molecular weight excluding hydrogens is 374 g/mol. The molecule has 1 fully saturated rings. The van der Waals surface area contributed by atoms with E-state index in [1.165, 1.54) is 5.56 Å². The zero-order valence-corrected chi connectivity index (χ0v) is 16.5. The van der Waals surface area contributed by atoms with Gasteiger partial charge in [0.2, 0.25) is 5.91 Å². The van der Waals surface area contributed by atoms with E-state index in [2.05, 4.69) is 22.4 Å². The fourth-order valence-electron chi connectivity index (χ4n) is 3.68. The summed E-state index contributed by atoms with van der Waals surface area (Å²) < 4.78 is 1.77. The summed E-state index contributed by atoms with van der Waals surface area (Å²) in [4.78, 5) is 14.7. The molecule has 146 valence electrons. The SMILES string of the molecule is Cc1c(CC(=O)N2C[C@@H](N)[C@H](c3ccccc3)C2)nnn1-c1ccccc1.Cl. The third-order valence-corrected chi connectivity index (χ3v) is 5.26. The molecule has 1 saturated heterocycles. The minimum absolute atomic E-state index is 0. The Labute approximate surface area is 170 Å². The third kappa shape index (κ3) is 3.93. The van der Waals surface area contributed by atoms with E-state index in [4.69, 9.17) is 5.73 Å². The van der Waals surface area contributed by atoms with Gasteiger partial charge in [-0.05, 0) is 24.6 Å². The molecule has 1 aliphatic rings. The summed E-state index contributed by atoms with van der Waals surface area (Å²) in [6.45, 7) is 3.16. The van der Waals surface area contributed by atoms with Crippen LogP contribution in [0, 0.1) is 6.92 Å². The van der Waals surface area contributed by atoms with Crippen LogP contribution in [0.5, 0.6) is 0 Å². The van der Waals surface area contributed by atoms with Crippen LogP contribution in [0.1, 0.15) is 22.9 Å². The lowest BCUT2D eigenvalue weighted by atomic mass is 9.95. The first-order valence-electron chi connectivity index (χ1n) is 9.18. The lowest BCUT2D eigenvalue weighted by molar-refractivity contribution is -0.129. The topological polar surface area (TPSA) is 77.0 Å². The number of carbonyl (C=O) groups is 1. The van der Waals surface area contributed by atoms with Crippen molar-refractivity contribution >= 4 is 18.3 Å². The summed E-state index contributed by atoms with van der Waals surface area (Å²) in [6.07, 6.45) is 0.243. The number of likely N-dealkylation sites (tertiary alicyclic amines) is 1. The number of para-hydroxylation sites is 1. The molecule has 0 saturated carbocycles. The van der Waals surface area contributed by atoms with Crippen molar-refractivity contribution in [1.29, 1.82) is 0 Å². The van der Waals surface area contributed by atoms with Crippen LogP contribution in [-0.2, 0) is 11.2 Å². The maximum Gasteiger partial charge on any atom is 0.228 e. The second-order valence-corrected chi connectivity index (χ2v) is 7.03. The van der Waals surface area contributed by atoms with Crippen LogP contribution in [0.15, 0.2) is 60.7 Å². The number of rotatable bonds is 4. The van der Waals surface area contributed by atoms with Crippen molar-refractivity contribution in [1.82, 2.24) is 19.9 Å². The van der Waals surface area contributed by atoms with Gasteiger partial charge < -0.3 is 10.6 Å². The van der Waals surface area contributed by atoms with Crippen LogP contribution in [-0.4, -0.2) is 44.9 Å². The van der Waals surface area contributed by atoms with Gasteiger partial charge in [0.1, 0.15) is 0 Å². The molecule has 2 atom stereocenters. The van der Waals surface area contributed by atoms with Crippen LogP contribution in [0.25, 0.3) is 5.69 Å². The van der Waals surface area contributed by atoms with E-state index < -0.39 is 0 Å². The molecule has 0 spiro atoms. The van der Waals surface area contributed by atoms with Gasteiger partial charge in [-0.2, -0.15) is 0 Å². The van der Waals surface area contributed by atoms with Crippen molar-refractivity contribution in [2.24, 2.45) is 5.73 Å². The number of benzene rings is 2. The Kier molecular flexibility index (Phi) is 6.11. The van der Waals surface area contributed by atoms with Crippen LogP contribution in [0.3, 0.4) is 0 Å². The highest BCUT2D eigenvalue weighted by molar-refractivity contribution is 5.85. The molecule has 2 heterocycles. The number of nitrogens with zero attached hydrogens (tertiary/aromatic N) is 4. The number of halogens is 1. The fraction of sp³-hybridized carbons (Fsp3) is 0.286. The van der Waals surface area contributed by atoms with Crippen molar-refractivity contribution in [2.45, 2.75) is 25.3 Å². The molecule has 0 radical (unpaired) electrons. The van der Waals surface area contributed by atoms with E-state index in [0.29, 0.717) is 18.8 Å². The summed E-state index contributed by atoms with van der Waals surface area (Å²) in [7, 11) is 0. The molecule has 0 unspecified atom stereocenters. The number of amides is 1. The van der Waals surface area contributed by atoms with E-state index in [9.17, 15) is 4.79 Å². The van der Waals surface area contributed by atoms with Crippen LogP contribution >= 0.6 is 12.4 Å². The Morgan fingerprint density at radius 1 is 1.07 bits per heavy atom. The van der Waals surface area contributed by atoms with Crippen molar-refractivity contribution in [3.8, 4) is 5.69 Å². The van der Waals surface area contributed by atoms with Gasteiger partial charge in [-0.3, -0.25) is 4.79 Å². The molecule has 2 aromatic carbocycles. The van der Waals surface area contributed by atoms with Gasteiger partial charge in [0.25, 0.3) is 0 Å². The Hall–Kier alpha value is -2.70. The third-order valence-electron chi connectivity index (χ3n) is 5.26. The Bertz CT molecular complexity index is 928. The smallest absolute Gasteiger partial charge is 0.228 e. The van der Waals surface area contributed by atoms with Gasteiger partial charge in [-0.1, -0.05) is 53.7 Å². The van der Waals surface area contributed by atoms with E-state index >= 15 is 0 Å².